The summed E-state index contributed by atoms with van der Waals surface area (Å²) in [5.74, 6) is -0.419. The number of hydrogen-bond donors (Lipinski definition) is 3. The molecule has 0 aromatic heterocycles. The third-order valence-electron chi connectivity index (χ3n) is 1.89. The number of esters is 1. The molecule has 7 nitrogen and oxygen atoms in total. The largest absolute Gasteiger partial charge is 0.460 e. The lowest BCUT2D eigenvalue weighted by molar-refractivity contribution is -0.143. The molecule has 0 aliphatic heterocycles. The smallest absolute Gasteiger partial charge is 0.333 e. The molecule has 0 radical (unpaired) electrons. The first-order valence-electron chi connectivity index (χ1n) is 6.76. The molecule has 0 saturated carbocycles. The van der Waals surface area contributed by atoms with Crippen molar-refractivity contribution in [1.82, 2.24) is 0 Å². The molecule has 0 aromatic rings. The van der Waals surface area contributed by atoms with Crippen LogP contribution < -0.4 is 0 Å². The van der Waals surface area contributed by atoms with Crippen LogP contribution in [0.5, 0.6) is 0 Å². The number of rotatable bonds is 10. The van der Waals surface area contributed by atoms with E-state index >= 15 is 0 Å². The summed E-state index contributed by atoms with van der Waals surface area (Å²) in [5, 5.41) is 25.1. The Morgan fingerprint density at radius 3 is 2.05 bits per heavy atom. The first-order chi connectivity index (χ1) is 9.84. The normalized spacial score (nSPS) is 12.9. The fraction of sp³-hybridized carbons (Fsp3) is 0.786. The van der Waals surface area contributed by atoms with Gasteiger partial charge in [0.05, 0.1) is 45.2 Å². The molecule has 0 amide bonds. The van der Waals surface area contributed by atoms with Gasteiger partial charge in [0.15, 0.2) is 0 Å². The average molecular weight is 308 g/mol. The van der Waals surface area contributed by atoms with Crippen molar-refractivity contribution >= 4 is 5.97 Å². The van der Waals surface area contributed by atoms with Crippen LogP contribution in [-0.2, 0) is 19.0 Å². The van der Waals surface area contributed by atoms with Gasteiger partial charge in [-0.2, -0.15) is 0 Å². The second kappa shape index (κ2) is 15.4. The van der Waals surface area contributed by atoms with Crippen molar-refractivity contribution in [3.63, 3.8) is 0 Å². The summed E-state index contributed by atoms with van der Waals surface area (Å²) < 4.78 is 14.7. The Labute approximate surface area is 126 Å². The lowest BCUT2D eigenvalue weighted by atomic mass is 10.3. The van der Waals surface area contributed by atoms with Crippen LogP contribution in [0.4, 0.5) is 0 Å². The Morgan fingerprint density at radius 2 is 1.67 bits per heavy atom. The van der Waals surface area contributed by atoms with Gasteiger partial charge in [-0.15, -0.1) is 0 Å². The van der Waals surface area contributed by atoms with Gasteiger partial charge in [-0.1, -0.05) is 6.58 Å². The van der Waals surface area contributed by atoms with Crippen molar-refractivity contribution in [1.29, 1.82) is 0 Å². The zero-order valence-electron chi connectivity index (χ0n) is 13.1. The number of aliphatic hydroxyl groups is 3. The minimum Gasteiger partial charge on any atom is -0.460 e. The van der Waals surface area contributed by atoms with E-state index in [0.29, 0.717) is 18.8 Å². The third kappa shape index (κ3) is 19.0. The maximum absolute atomic E-state index is 11.0. The molecule has 0 heterocycles. The summed E-state index contributed by atoms with van der Waals surface area (Å²) in [7, 11) is 0. The van der Waals surface area contributed by atoms with Crippen LogP contribution in [0, 0.1) is 0 Å². The van der Waals surface area contributed by atoms with Crippen LogP contribution in [0.1, 0.15) is 20.8 Å². The summed E-state index contributed by atoms with van der Waals surface area (Å²) in [6.45, 7) is 9.56. The molecule has 0 saturated heterocycles. The predicted octanol–water partition coefficient (Wildman–Crippen LogP) is -0.121. The standard InChI is InChI=1S/C10H18O4.C4H10O3/c1-7(2)10(12)14-6-9(4)13-5-8(3)11;5-1-3-7-4-2-6/h8-9,11H,1,5-6H2,2-4H3;5-6H,1-4H2. The van der Waals surface area contributed by atoms with Gasteiger partial charge in [-0.05, 0) is 20.8 Å². The number of carbonyl (C=O) groups is 1. The topological polar surface area (TPSA) is 105 Å². The monoisotopic (exact) mass is 308 g/mol. The first kappa shape index (κ1) is 22.3. The second-order valence-electron chi connectivity index (χ2n) is 4.43. The molecule has 0 fully saturated rings. The van der Waals surface area contributed by atoms with Crippen LogP contribution in [-0.4, -0.2) is 73.1 Å². The van der Waals surface area contributed by atoms with Gasteiger partial charge in [0.25, 0.3) is 0 Å². The summed E-state index contributed by atoms with van der Waals surface area (Å²) in [6, 6.07) is 0. The van der Waals surface area contributed by atoms with Crippen LogP contribution in [0.3, 0.4) is 0 Å². The Hall–Kier alpha value is -0.990. The molecule has 7 heteroatoms. The molecule has 0 rings (SSSR count). The van der Waals surface area contributed by atoms with Gasteiger partial charge in [-0.3, -0.25) is 0 Å². The van der Waals surface area contributed by atoms with Gasteiger partial charge in [0.2, 0.25) is 0 Å². The number of ether oxygens (including phenoxy) is 3. The van der Waals surface area contributed by atoms with Crippen LogP contribution in [0.15, 0.2) is 12.2 Å². The van der Waals surface area contributed by atoms with E-state index in [1.54, 1.807) is 20.8 Å². The zero-order valence-corrected chi connectivity index (χ0v) is 13.1. The highest BCUT2D eigenvalue weighted by Crippen LogP contribution is 1.97. The molecule has 3 N–H and O–H groups in total. The molecule has 2 atom stereocenters. The van der Waals surface area contributed by atoms with Crippen LogP contribution in [0.25, 0.3) is 0 Å². The fourth-order valence-corrected chi connectivity index (χ4v) is 0.899. The first-order valence-corrected chi connectivity index (χ1v) is 6.76. The van der Waals surface area contributed by atoms with Gasteiger partial charge in [0, 0.05) is 5.57 Å². The Kier molecular flexibility index (Phi) is 16.3. The molecular weight excluding hydrogens is 280 g/mol. The Bertz CT molecular complexity index is 262. The van der Waals surface area contributed by atoms with E-state index in [1.165, 1.54) is 0 Å². The second-order valence-corrected chi connectivity index (χ2v) is 4.43. The van der Waals surface area contributed by atoms with Gasteiger partial charge >= 0.3 is 5.97 Å². The van der Waals surface area contributed by atoms with E-state index in [-0.39, 0.29) is 32.5 Å². The SMILES string of the molecule is C=C(C)C(=O)OCC(C)OCC(C)O.OCCOCCO. The third-order valence-corrected chi connectivity index (χ3v) is 1.89. The minimum absolute atomic E-state index is 0.0278. The quantitative estimate of drug-likeness (QED) is 0.293. The Morgan fingerprint density at radius 1 is 1.14 bits per heavy atom. The van der Waals surface area contributed by atoms with Crippen molar-refractivity contribution in [2.24, 2.45) is 0 Å². The summed E-state index contributed by atoms with van der Waals surface area (Å²) in [5.41, 5.74) is 0.368. The van der Waals surface area contributed by atoms with E-state index in [0.717, 1.165) is 0 Å². The van der Waals surface area contributed by atoms with E-state index < -0.39 is 12.1 Å². The lowest BCUT2D eigenvalue weighted by Crippen LogP contribution is -2.23. The van der Waals surface area contributed by atoms with Crippen LogP contribution >= 0.6 is 0 Å². The molecule has 0 aliphatic rings. The zero-order chi connectivity index (χ0) is 16.7. The molecular formula is C14H28O7. The van der Waals surface area contributed by atoms with E-state index in [9.17, 15) is 4.79 Å². The number of hydrogen-bond acceptors (Lipinski definition) is 7. The maximum Gasteiger partial charge on any atom is 0.333 e. The molecule has 0 aliphatic carbocycles. The molecule has 21 heavy (non-hydrogen) atoms. The van der Waals surface area contributed by atoms with Crippen molar-refractivity contribution in [3.05, 3.63) is 12.2 Å². The summed E-state index contributed by atoms with van der Waals surface area (Å²) in [6.07, 6.45) is -0.720. The van der Waals surface area contributed by atoms with Crippen molar-refractivity contribution < 1.29 is 34.3 Å². The van der Waals surface area contributed by atoms with Gasteiger partial charge in [0.1, 0.15) is 6.61 Å². The van der Waals surface area contributed by atoms with Gasteiger partial charge in [-0.25, -0.2) is 4.79 Å². The minimum atomic E-state index is -0.505. The van der Waals surface area contributed by atoms with Gasteiger partial charge < -0.3 is 29.5 Å². The number of carbonyl (C=O) groups excluding carboxylic acids is 1. The van der Waals surface area contributed by atoms with Crippen molar-refractivity contribution in [3.8, 4) is 0 Å². The maximum atomic E-state index is 11.0. The summed E-state index contributed by atoms with van der Waals surface area (Å²) >= 11 is 0. The average Bonchev–Trinajstić information content (AvgIpc) is 2.43. The lowest BCUT2D eigenvalue weighted by Gasteiger charge is -2.14. The molecule has 0 bridgehead atoms. The van der Waals surface area contributed by atoms with E-state index in [4.69, 9.17) is 24.8 Å². The summed E-state index contributed by atoms with van der Waals surface area (Å²) in [4.78, 5) is 11.0. The molecule has 2 unspecified atom stereocenters. The van der Waals surface area contributed by atoms with Crippen molar-refractivity contribution in [2.45, 2.75) is 33.0 Å². The number of aliphatic hydroxyl groups excluding tert-OH is 3. The molecule has 0 aromatic carbocycles. The van der Waals surface area contributed by atoms with E-state index in [2.05, 4.69) is 11.3 Å². The highest BCUT2D eigenvalue weighted by atomic mass is 16.6. The fourth-order valence-electron chi connectivity index (χ4n) is 0.899. The Balaban J connectivity index is 0. The molecule has 126 valence electrons. The highest BCUT2D eigenvalue weighted by molar-refractivity contribution is 5.86. The highest BCUT2D eigenvalue weighted by Gasteiger charge is 2.08. The van der Waals surface area contributed by atoms with Crippen LogP contribution in [0.2, 0.25) is 0 Å². The molecule has 0 spiro atoms. The van der Waals surface area contributed by atoms with Crippen molar-refractivity contribution in [2.75, 3.05) is 39.6 Å². The van der Waals surface area contributed by atoms with E-state index in [1.807, 2.05) is 0 Å². The predicted molar refractivity (Wildman–Crippen MR) is 77.9 cm³/mol.